The SMILES string of the molecule is CS(=O)(=O)N(CC(=O)N/N=C\c1ccccc1O)c1cccc(Cl)c1. The Morgan fingerprint density at radius 1 is 1.28 bits per heavy atom. The lowest BCUT2D eigenvalue weighted by Gasteiger charge is -2.21. The van der Waals surface area contributed by atoms with Gasteiger partial charge in [0, 0.05) is 10.6 Å². The summed E-state index contributed by atoms with van der Waals surface area (Å²) >= 11 is 5.87. The van der Waals surface area contributed by atoms with Crippen LogP contribution >= 0.6 is 11.6 Å². The molecule has 0 heterocycles. The maximum absolute atomic E-state index is 12.0. The van der Waals surface area contributed by atoms with E-state index in [1.54, 1.807) is 30.3 Å². The number of carbonyl (C=O) groups is 1. The van der Waals surface area contributed by atoms with E-state index < -0.39 is 22.5 Å². The van der Waals surface area contributed by atoms with Gasteiger partial charge >= 0.3 is 0 Å². The number of halogens is 1. The highest BCUT2D eigenvalue weighted by Crippen LogP contribution is 2.21. The van der Waals surface area contributed by atoms with Crippen LogP contribution in [0, 0.1) is 0 Å². The van der Waals surface area contributed by atoms with E-state index in [-0.39, 0.29) is 11.4 Å². The predicted octanol–water partition coefficient (Wildman–Crippen LogP) is 1.96. The molecule has 0 aromatic heterocycles. The average Bonchev–Trinajstić information content (AvgIpc) is 2.53. The van der Waals surface area contributed by atoms with Gasteiger partial charge in [0.1, 0.15) is 12.3 Å². The largest absolute Gasteiger partial charge is 0.507 e. The molecule has 2 aromatic carbocycles. The van der Waals surface area contributed by atoms with Crippen LogP contribution in [0.25, 0.3) is 0 Å². The van der Waals surface area contributed by atoms with Gasteiger partial charge in [-0.1, -0.05) is 29.8 Å². The molecule has 2 aromatic rings. The molecule has 9 heteroatoms. The highest BCUT2D eigenvalue weighted by molar-refractivity contribution is 7.92. The minimum absolute atomic E-state index is 0.0113. The summed E-state index contributed by atoms with van der Waals surface area (Å²) in [6.07, 6.45) is 2.25. The van der Waals surface area contributed by atoms with Gasteiger partial charge in [-0.25, -0.2) is 13.8 Å². The number of rotatable bonds is 6. The molecule has 0 saturated heterocycles. The minimum Gasteiger partial charge on any atom is -0.507 e. The molecule has 0 aliphatic rings. The van der Waals surface area contributed by atoms with E-state index in [4.69, 9.17) is 11.6 Å². The third kappa shape index (κ3) is 5.47. The van der Waals surface area contributed by atoms with E-state index in [1.165, 1.54) is 24.4 Å². The van der Waals surface area contributed by atoms with Crippen LogP contribution in [-0.2, 0) is 14.8 Å². The van der Waals surface area contributed by atoms with Crippen molar-refractivity contribution in [2.75, 3.05) is 17.1 Å². The Kier molecular flexibility index (Phi) is 6.00. The molecule has 0 aliphatic carbocycles. The molecule has 0 radical (unpaired) electrons. The lowest BCUT2D eigenvalue weighted by atomic mass is 10.2. The summed E-state index contributed by atoms with van der Waals surface area (Å²) in [5.41, 5.74) is 2.91. The van der Waals surface area contributed by atoms with Crippen molar-refractivity contribution in [2.24, 2.45) is 5.10 Å². The molecule has 0 aliphatic heterocycles. The first-order chi connectivity index (χ1) is 11.8. The number of phenols is 1. The number of nitrogens with zero attached hydrogens (tertiary/aromatic N) is 2. The third-order valence-electron chi connectivity index (χ3n) is 3.11. The van der Waals surface area contributed by atoms with Crippen LogP contribution in [0.2, 0.25) is 5.02 Å². The van der Waals surface area contributed by atoms with Gasteiger partial charge in [0.05, 0.1) is 18.2 Å². The lowest BCUT2D eigenvalue weighted by molar-refractivity contribution is -0.119. The number of para-hydroxylation sites is 1. The summed E-state index contributed by atoms with van der Waals surface area (Å²) < 4.78 is 24.8. The smallest absolute Gasteiger partial charge is 0.260 e. The van der Waals surface area contributed by atoms with Crippen LogP contribution in [0.1, 0.15) is 5.56 Å². The number of anilines is 1. The highest BCUT2D eigenvalue weighted by Gasteiger charge is 2.20. The Morgan fingerprint density at radius 3 is 2.64 bits per heavy atom. The second kappa shape index (κ2) is 8.00. The van der Waals surface area contributed by atoms with E-state index in [2.05, 4.69) is 10.5 Å². The molecule has 0 atom stereocenters. The summed E-state index contributed by atoms with van der Waals surface area (Å²) in [5, 5.41) is 13.7. The second-order valence-electron chi connectivity index (χ2n) is 5.10. The van der Waals surface area contributed by atoms with Gasteiger partial charge in [0.2, 0.25) is 10.0 Å². The number of sulfonamides is 1. The molecule has 0 saturated carbocycles. The second-order valence-corrected chi connectivity index (χ2v) is 7.44. The zero-order valence-electron chi connectivity index (χ0n) is 13.3. The van der Waals surface area contributed by atoms with E-state index >= 15 is 0 Å². The van der Waals surface area contributed by atoms with Crippen molar-refractivity contribution in [3.05, 3.63) is 59.1 Å². The van der Waals surface area contributed by atoms with Crippen LogP contribution in [0.15, 0.2) is 53.6 Å². The Hall–Kier alpha value is -2.58. The molecule has 2 N–H and O–H groups in total. The number of hydrazone groups is 1. The number of amides is 1. The van der Waals surface area contributed by atoms with Crippen LogP contribution in [0.3, 0.4) is 0 Å². The molecule has 25 heavy (non-hydrogen) atoms. The number of carbonyl (C=O) groups excluding carboxylic acids is 1. The minimum atomic E-state index is -3.69. The lowest BCUT2D eigenvalue weighted by Crippen LogP contribution is -2.39. The number of nitrogens with one attached hydrogen (secondary N) is 1. The number of benzene rings is 2. The number of aromatic hydroxyl groups is 1. The highest BCUT2D eigenvalue weighted by atomic mass is 35.5. The summed E-state index contributed by atoms with van der Waals surface area (Å²) in [6.45, 7) is -0.461. The first-order valence-electron chi connectivity index (χ1n) is 7.10. The Bertz CT molecular complexity index is 900. The van der Waals surface area contributed by atoms with Gasteiger partial charge in [-0.3, -0.25) is 9.10 Å². The zero-order valence-corrected chi connectivity index (χ0v) is 14.8. The van der Waals surface area contributed by atoms with Gasteiger partial charge in [-0.05, 0) is 30.3 Å². The van der Waals surface area contributed by atoms with Crippen molar-refractivity contribution in [1.82, 2.24) is 5.43 Å². The van der Waals surface area contributed by atoms with Crippen molar-refractivity contribution >= 4 is 39.4 Å². The topological polar surface area (TPSA) is 99.1 Å². The van der Waals surface area contributed by atoms with Gasteiger partial charge in [-0.2, -0.15) is 5.10 Å². The first kappa shape index (κ1) is 18.8. The molecule has 1 amide bonds. The van der Waals surface area contributed by atoms with Gasteiger partial charge in [0.15, 0.2) is 0 Å². The van der Waals surface area contributed by atoms with Crippen molar-refractivity contribution in [3.63, 3.8) is 0 Å². The van der Waals surface area contributed by atoms with Crippen molar-refractivity contribution < 1.29 is 18.3 Å². The first-order valence-corrected chi connectivity index (χ1v) is 9.33. The molecule has 0 bridgehead atoms. The van der Waals surface area contributed by atoms with Gasteiger partial charge in [0.25, 0.3) is 5.91 Å². The number of phenolic OH excluding ortho intramolecular Hbond substituents is 1. The Balaban J connectivity index is 2.09. The molecular formula is C16H16ClN3O4S. The molecule has 7 nitrogen and oxygen atoms in total. The van der Waals surface area contributed by atoms with Crippen LogP contribution < -0.4 is 9.73 Å². The molecule has 132 valence electrons. The predicted molar refractivity (Wildman–Crippen MR) is 97.5 cm³/mol. The number of hydrogen-bond acceptors (Lipinski definition) is 5. The van der Waals surface area contributed by atoms with Crippen LogP contribution in [0.4, 0.5) is 5.69 Å². The summed E-state index contributed by atoms with van der Waals surface area (Å²) in [6, 6.07) is 12.6. The van der Waals surface area contributed by atoms with Crippen LogP contribution in [-0.4, -0.2) is 38.4 Å². The molecule has 2 rings (SSSR count). The standard InChI is InChI=1S/C16H16ClN3O4S/c1-25(23,24)20(14-7-4-6-13(17)9-14)11-16(22)19-18-10-12-5-2-3-8-15(12)21/h2-10,21H,11H2,1H3,(H,19,22)/b18-10-. The van der Waals surface area contributed by atoms with Gasteiger partial charge < -0.3 is 5.11 Å². The average molecular weight is 382 g/mol. The molecule has 0 fully saturated rings. The summed E-state index contributed by atoms with van der Waals surface area (Å²) in [7, 11) is -3.69. The van der Waals surface area contributed by atoms with Crippen molar-refractivity contribution in [1.29, 1.82) is 0 Å². The normalized spacial score (nSPS) is 11.4. The molecule has 0 spiro atoms. The Morgan fingerprint density at radius 2 is 2.00 bits per heavy atom. The fourth-order valence-corrected chi connectivity index (χ4v) is 3.00. The van der Waals surface area contributed by atoms with Crippen molar-refractivity contribution in [3.8, 4) is 5.75 Å². The number of hydrogen-bond donors (Lipinski definition) is 2. The summed E-state index contributed by atoms with van der Waals surface area (Å²) in [5.74, 6) is -0.630. The summed E-state index contributed by atoms with van der Waals surface area (Å²) in [4.78, 5) is 12.0. The maximum atomic E-state index is 12.0. The Labute approximate surface area is 150 Å². The maximum Gasteiger partial charge on any atom is 0.260 e. The monoisotopic (exact) mass is 381 g/mol. The third-order valence-corrected chi connectivity index (χ3v) is 4.49. The molecular weight excluding hydrogens is 366 g/mol. The van der Waals surface area contributed by atoms with Crippen molar-refractivity contribution in [2.45, 2.75) is 0 Å². The van der Waals surface area contributed by atoms with Crippen LogP contribution in [0.5, 0.6) is 5.75 Å². The fourth-order valence-electron chi connectivity index (χ4n) is 1.97. The quantitative estimate of drug-likeness (QED) is 0.590. The van der Waals surface area contributed by atoms with E-state index in [9.17, 15) is 18.3 Å². The van der Waals surface area contributed by atoms with Gasteiger partial charge in [-0.15, -0.1) is 0 Å². The van der Waals surface area contributed by atoms with E-state index in [1.807, 2.05) is 0 Å². The zero-order chi connectivity index (χ0) is 18.4. The van der Waals surface area contributed by atoms with E-state index in [0.29, 0.717) is 10.6 Å². The van der Waals surface area contributed by atoms with E-state index in [0.717, 1.165) is 10.6 Å². The molecule has 0 unspecified atom stereocenters. The fraction of sp³-hybridized carbons (Fsp3) is 0.125.